The molecule has 0 aliphatic rings. The fourth-order valence-electron chi connectivity index (χ4n) is 3.08. The van der Waals surface area contributed by atoms with Crippen LogP contribution >= 0.6 is 11.6 Å². The van der Waals surface area contributed by atoms with Gasteiger partial charge in [-0.2, -0.15) is 0 Å². The van der Waals surface area contributed by atoms with Crippen LogP contribution in [0.3, 0.4) is 0 Å². The summed E-state index contributed by atoms with van der Waals surface area (Å²) in [6, 6.07) is 5.09. The number of ketones is 1. The highest BCUT2D eigenvalue weighted by atomic mass is 35.5. The van der Waals surface area contributed by atoms with E-state index >= 15 is 0 Å². The monoisotopic (exact) mass is 414 g/mol. The number of esters is 1. The molecule has 8 nitrogen and oxygen atoms in total. The maximum absolute atomic E-state index is 12.5. The number of nitrogens with one attached hydrogen (secondary N) is 2. The second-order valence-corrected chi connectivity index (χ2v) is 6.79. The molecule has 2 N–H and O–H groups in total. The van der Waals surface area contributed by atoms with Gasteiger partial charge in [-0.25, -0.2) is 9.78 Å². The number of nitrogens with zero attached hydrogens (tertiary/aromatic N) is 2. The van der Waals surface area contributed by atoms with Gasteiger partial charge in [-0.15, -0.1) is 0 Å². The van der Waals surface area contributed by atoms with E-state index in [9.17, 15) is 14.4 Å². The number of benzene rings is 1. The van der Waals surface area contributed by atoms with Crippen LogP contribution in [-0.2, 0) is 16.0 Å². The van der Waals surface area contributed by atoms with Crippen LogP contribution in [0.25, 0.3) is 5.69 Å². The summed E-state index contributed by atoms with van der Waals surface area (Å²) in [5, 5.41) is 3.18. The Hall–Kier alpha value is -3.39. The number of carbonyl (C=O) groups is 3. The van der Waals surface area contributed by atoms with E-state index in [2.05, 4.69) is 15.3 Å². The Morgan fingerprint density at radius 3 is 2.66 bits per heavy atom. The van der Waals surface area contributed by atoms with Gasteiger partial charge in [-0.05, 0) is 30.7 Å². The maximum Gasteiger partial charge on any atom is 0.339 e. The topological polar surface area (TPSA) is 106 Å². The molecule has 0 radical (unpaired) electrons. The predicted octanol–water partition coefficient (Wildman–Crippen LogP) is 3.33. The molecule has 150 valence electrons. The number of halogens is 1. The number of Topliss-reactive ketones (excluding diaryl/α,β-unsaturated/α-hetero) is 1. The molecule has 9 heteroatoms. The van der Waals surface area contributed by atoms with Crippen LogP contribution in [0, 0.1) is 6.92 Å². The first kappa shape index (κ1) is 20.3. The number of amides is 1. The maximum atomic E-state index is 12.5. The fourth-order valence-corrected chi connectivity index (χ4v) is 3.36. The van der Waals surface area contributed by atoms with Crippen LogP contribution < -0.4 is 5.32 Å². The third-order valence-electron chi connectivity index (χ3n) is 4.42. The van der Waals surface area contributed by atoms with Crippen molar-refractivity contribution in [1.82, 2.24) is 14.5 Å². The largest absolute Gasteiger partial charge is 0.465 e. The Morgan fingerprint density at radius 1 is 1.31 bits per heavy atom. The number of imidazole rings is 1. The summed E-state index contributed by atoms with van der Waals surface area (Å²) in [4.78, 5) is 43.3. The predicted molar refractivity (Wildman–Crippen MR) is 108 cm³/mol. The smallest absolute Gasteiger partial charge is 0.339 e. The van der Waals surface area contributed by atoms with Gasteiger partial charge in [0.05, 0.1) is 41.8 Å². The van der Waals surface area contributed by atoms with E-state index in [4.69, 9.17) is 16.3 Å². The van der Waals surface area contributed by atoms with E-state index in [1.54, 1.807) is 48.4 Å². The Morgan fingerprint density at radius 2 is 2.07 bits per heavy atom. The number of aromatic amines is 1. The molecular weight excluding hydrogens is 396 g/mol. The molecular formula is C20H19ClN4O4. The molecule has 0 aliphatic heterocycles. The molecule has 0 saturated carbocycles. The molecule has 29 heavy (non-hydrogen) atoms. The first-order valence-electron chi connectivity index (χ1n) is 8.70. The summed E-state index contributed by atoms with van der Waals surface area (Å²) in [6.45, 7) is 3.02. The van der Waals surface area contributed by atoms with Gasteiger partial charge in [-0.1, -0.05) is 11.6 Å². The van der Waals surface area contributed by atoms with Gasteiger partial charge in [0.2, 0.25) is 5.91 Å². The molecule has 1 amide bonds. The summed E-state index contributed by atoms with van der Waals surface area (Å²) in [5.74, 6) is -1.22. The summed E-state index contributed by atoms with van der Waals surface area (Å²) >= 11 is 6.30. The highest BCUT2D eigenvalue weighted by Crippen LogP contribution is 2.25. The van der Waals surface area contributed by atoms with Gasteiger partial charge >= 0.3 is 5.97 Å². The summed E-state index contributed by atoms with van der Waals surface area (Å²) < 4.78 is 6.54. The van der Waals surface area contributed by atoms with Gasteiger partial charge < -0.3 is 19.6 Å². The number of anilines is 1. The average molecular weight is 415 g/mol. The number of H-pyrrole nitrogens is 1. The Balaban J connectivity index is 1.81. The molecule has 0 fully saturated rings. The number of ether oxygens (including phenoxy) is 1. The van der Waals surface area contributed by atoms with E-state index in [0.29, 0.717) is 22.0 Å². The van der Waals surface area contributed by atoms with Crippen molar-refractivity contribution in [2.24, 2.45) is 0 Å². The minimum absolute atomic E-state index is 0.139. The zero-order valence-electron chi connectivity index (χ0n) is 16.1. The number of hydrogen-bond acceptors (Lipinski definition) is 5. The van der Waals surface area contributed by atoms with Crippen LogP contribution in [-0.4, -0.2) is 39.3 Å². The van der Waals surface area contributed by atoms with Gasteiger partial charge in [0.15, 0.2) is 5.78 Å². The summed E-state index contributed by atoms with van der Waals surface area (Å²) in [5.41, 5.74) is 2.47. The van der Waals surface area contributed by atoms with Crippen molar-refractivity contribution in [3.63, 3.8) is 0 Å². The zero-order chi connectivity index (χ0) is 21.1. The second-order valence-electron chi connectivity index (χ2n) is 6.39. The third-order valence-corrected chi connectivity index (χ3v) is 4.72. The minimum Gasteiger partial charge on any atom is -0.465 e. The van der Waals surface area contributed by atoms with Crippen LogP contribution in [0.2, 0.25) is 5.02 Å². The van der Waals surface area contributed by atoms with Crippen molar-refractivity contribution in [1.29, 1.82) is 0 Å². The van der Waals surface area contributed by atoms with Crippen molar-refractivity contribution < 1.29 is 19.1 Å². The minimum atomic E-state index is -0.609. The molecule has 0 atom stereocenters. The molecule has 3 aromatic rings. The van der Waals surface area contributed by atoms with Crippen molar-refractivity contribution >= 4 is 34.9 Å². The Kier molecular flexibility index (Phi) is 5.84. The third kappa shape index (κ3) is 4.22. The van der Waals surface area contributed by atoms with E-state index in [-0.39, 0.29) is 29.4 Å². The molecule has 0 spiro atoms. The van der Waals surface area contributed by atoms with Crippen molar-refractivity contribution in [2.45, 2.75) is 20.3 Å². The molecule has 2 aromatic heterocycles. The number of carbonyl (C=O) groups excluding carboxylic acids is 3. The molecule has 3 rings (SSSR count). The number of aromatic nitrogens is 3. The van der Waals surface area contributed by atoms with Crippen LogP contribution in [0.5, 0.6) is 0 Å². The lowest BCUT2D eigenvalue weighted by Crippen LogP contribution is -2.17. The number of methoxy groups -OCH3 is 1. The first-order valence-corrected chi connectivity index (χ1v) is 9.08. The van der Waals surface area contributed by atoms with Gasteiger partial charge in [0.25, 0.3) is 0 Å². The average Bonchev–Trinajstić information content (AvgIpc) is 3.29. The quantitative estimate of drug-likeness (QED) is 0.475. The SMILES string of the molecule is COC(=O)c1c(CC(=O)Nc2ccc(-n3ccnc3)c(Cl)c2)[nH]c(C(C)=O)c1C. The van der Waals surface area contributed by atoms with Crippen LogP contribution in [0.4, 0.5) is 5.69 Å². The highest BCUT2D eigenvalue weighted by Gasteiger charge is 2.24. The zero-order valence-corrected chi connectivity index (χ0v) is 16.8. The lowest BCUT2D eigenvalue weighted by molar-refractivity contribution is -0.115. The standard InChI is InChI=1S/C20H19ClN4O4/c1-11-18(20(28)29-3)15(24-19(11)12(2)26)9-17(27)23-13-4-5-16(14(21)8-13)25-7-6-22-10-25/h4-8,10,24H,9H2,1-3H3,(H,23,27). The first-order chi connectivity index (χ1) is 13.8. The molecule has 0 saturated heterocycles. The van der Waals surface area contributed by atoms with E-state index in [1.807, 2.05) is 0 Å². The van der Waals surface area contributed by atoms with Gasteiger partial charge in [0.1, 0.15) is 0 Å². The lowest BCUT2D eigenvalue weighted by atomic mass is 10.1. The van der Waals surface area contributed by atoms with E-state index in [0.717, 1.165) is 5.69 Å². The molecule has 0 bridgehead atoms. The number of rotatable bonds is 6. The normalized spacial score (nSPS) is 10.6. The molecule has 0 unspecified atom stereocenters. The van der Waals surface area contributed by atoms with Crippen LogP contribution in [0.15, 0.2) is 36.9 Å². The van der Waals surface area contributed by atoms with Crippen molar-refractivity contribution in [3.8, 4) is 5.69 Å². The van der Waals surface area contributed by atoms with Crippen molar-refractivity contribution in [2.75, 3.05) is 12.4 Å². The molecule has 1 aromatic carbocycles. The highest BCUT2D eigenvalue weighted by molar-refractivity contribution is 6.32. The van der Waals surface area contributed by atoms with Crippen LogP contribution in [0.1, 0.15) is 39.0 Å². The molecule has 0 aliphatic carbocycles. The summed E-state index contributed by atoms with van der Waals surface area (Å²) in [6.07, 6.45) is 4.87. The summed E-state index contributed by atoms with van der Waals surface area (Å²) in [7, 11) is 1.25. The van der Waals surface area contributed by atoms with E-state index < -0.39 is 5.97 Å². The van der Waals surface area contributed by atoms with Gasteiger partial charge in [-0.3, -0.25) is 9.59 Å². The second kappa shape index (κ2) is 8.32. The Labute approximate surface area is 171 Å². The van der Waals surface area contributed by atoms with Gasteiger partial charge in [0, 0.05) is 30.7 Å². The van der Waals surface area contributed by atoms with Crippen molar-refractivity contribution in [3.05, 3.63) is 64.5 Å². The number of hydrogen-bond donors (Lipinski definition) is 2. The lowest BCUT2D eigenvalue weighted by Gasteiger charge is -2.09. The Bertz CT molecular complexity index is 1090. The fraction of sp³-hybridized carbons (Fsp3) is 0.200. The molecule has 2 heterocycles. The van der Waals surface area contributed by atoms with E-state index in [1.165, 1.54) is 14.0 Å².